The maximum absolute atomic E-state index is 13.5. The number of hydrogen-bond acceptors (Lipinski definition) is 2. The minimum absolute atomic E-state index is 0.000322. The number of carbonyl (C=O) groups is 2. The predicted molar refractivity (Wildman–Crippen MR) is 79.6 cm³/mol. The third kappa shape index (κ3) is 3.32. The zero-order valence-electron chi connectivity index (χ0n) is 13.6. The Bertz CT molecular complexity index is 650. The Labute approximate surface area is 137 Å². The van der Waals surface area contributed by atoms with Crippen LogP contribution in [0.4, 0.5) is 18.0 Å². The molecule has 132 valence electrons. The Kier molecular flexibility index (Phi) is 4.77. The van der Waals surface area contributed by atoms with Crippen LogP contribution in [0.2, 0.25) is 0 Å². The molecule has 1 unspecified atom stereocenters. The number of benzene rings is 1. The first-order chi connectivity index (χ1) is 11.0. The lowest BCUT2D eigenvalue weighted by molar-refractivity contribution is -0.159. The minimum atomic E-state index is -1.60. The number of carbonyl (C=O) groups excluding carboxylic acids is 1. The van der Waals surface area contributed by atoms with Crippen LogP contribution < -0.4 is 0 Å². The number of rotatable bonds is 2. The van der Waals surface area contributed by atoms with Crippen molar-refractivity contribution in [3.05, 3.63) is 35.1 Å². The van der Waals surface area contributed by atoms with Crippen molar-refractivity contribution in [2.75, 3.05) is 6.54 Å². The molecular weight excluding hydrogens is 325 g/mol. The third-order valence-corrected chi connectivity index (χ3v) is 3.88. The summed E-state index contributed by atoms with van der Waals surface area (Å²) in [6.07, 6.45) is -0.540. The number of hydrazine groups is 1. The summed E-state index contributed by atoms with van der Waals surface area (Å²) in [6.45, 7) is 5.09. The van der Waals surface area contributed by atoms with Gasteiger partial charge in [-0.15, -0.1) is 0 Å². The summed E-state index contributed by atoms with van der Waals surface area (Å²) in [7, 11) is 0. The van der Waals surface area contributed by atoms with E-state index in [4.69, 9.17) is 0 Å². The first kappa shape index (κ1) is 18.1. The number of nitrogens with zero attached hydrogens (tertiary/aromatic N) is 2. The monoisotopic (exact) mass is 344 g/mol. The van der Waals surface area contributed by atoms with Crippen molar-refractivity contribution in [1.29, 1.82) is 0 Å². The van der Waals surface area contributed by atoms with E-state index in [1.807, 2.05) is 0 Å². The van der Waals surface area contributed by atoms with Gasteiger partial charge in [-0.3, -0.25) is 4.79 Å². The van der Waals surface area contributed by atoms with Crippen LogP contribution in [0.1, 0.15) is 45.1 Å². The van der Waals surface area contributed by atoms with Gasteiger partial charge in [0.05, 0.1) is 11.5 Å². The largest absolute Gasteiger partial charge is 0.464 e. The quantitative estimate of drug-likeness (QED) is 0.835. The van der Waals surface area contributed by atoms with Gasteiger partial charge in [0.2, 0.25) is 5.91 Å². The lowest BCUT2D eigenvalue weighted by atomic mass is 9.90. The highest BCUT2D eigenvalue weighted by Crippen LogP contribution is 2.32. The fourth-order valence-electron chi connectivity index (χ4n) is 2.90. The summed E-state index contributed by atoms with van der Waals surface area (Å²) in [5.41, 5.74) is -0.872. The van der Waals surface area contributed by atoms with Gasteiger partial charge in [0.25, 0.3) is 0 Å². The molecule has 1 heterocycles. The highest BCUT2D eigenvalue weighted by Gasteiger charge is 2.40. The second-order valence-electron chi connectivity index (χ2n) is 6.72. The van der Waals surface area contributed by atoms with Gasteiger partial charge in [0.15, 0.2) is 17.5 Å². The Hall–Kier alpha value is -2.25. The van der Waals surface area contributed by atoms with Crippen molar-refractivity contribution < 1.29 is 27.9 Å². The topological polar surface area (TPSA) is 60.9 Å². The predicted octanol–water partition coefficient (Wildman–Crippen LogP) is 3.50. The number of carboxylic acid groups (broad SMARTS) is 1. The molecule has 0 radical (unpaired) electrons. The Balaban J connectivity index is 2.38. The van der Waals surface area contributed by atoms with E-state index in [-0.39, 0.29) is 12.1 Å². The zero-order chi connectivity index (χ0) is 18.2. The van der Waals surface area contributed by atoms with E-state index in [1.165, 1.54) is 0 Å². The smallest absolute Gasteiger partial charge is 0.426 e. The van der Waals surface area contributed by atoms with Gasteiger partial charge in [0, 0.05) is 6.54 Å². The molecule has 5 nitrogen and oxygen atoms in total. The molecule has 1 atom stereocenters. The Morgan fingerprint density at radius 2 is 1.79 bits per heavy atom. The second kappa shape index (κ2) is 6.33. The highest BCUT2D eigenvalue weighted by molar-refractivity contribution is 5.86. The van der Waals surface area contributed by atoms with Crippen LogP contribution in [0.25, 0.3) is 0 Å². The average molecular weight is 344 g/mol. The van der Waals surface area contributed by atoms with Crippen LogP contribution in [0.5, 0.6) is 0 Å². The normalized spacial score (nSPS) is 18.7. The summed E-state index contributed by atoms with van der Waals surface area (Å²) >= 11 is 0. The lowest BCUT2D eigenvalue weighted by Crippen LogP contribution is -2.60. The summed E-state index contributed by atoms with van der Waals surface area (Å²) in [5, 5.41) is 11.4. The maximum atomic E-state index is 13.5. The number of hydrogen-bond donors (Lipinski definition) is 1. The molecule has 1 aliphatic rings. The molecule has 2 amide bonds. The SMILES string of the molecule is CC(C)(C)N(C(=O)O)N1CCCC(c2cc(F)c(F)c(F)c2)C1=O. The fraction of sp³-hybridized carbons (Fsp3) is 0.500. The van der Waals surface area contributed by atoms with Gasteiger partial charge < -0.3 is 5.11 Å². The molecule has 0 aromatic heterocycles. The van der Waals surface area contributed by atoms with Crippen molar-refractivity contribution in [3.8, 4) is 0 Å². The summed E-state index contributed by atoms with van der Waals surface area (Å²) in [6, 6.07) is 1.57. The van der Waals surface area contributed by atoms with Crippen molar-refractivity contribution >= 4 is 12.0 Å². The molecule has 1 saturated heterocycles. The van der Waals surface area contributed by atoms with E-state index >= 15 is 0 Å². The summed E-state index contributed by atoms with van der Waals surface area (Å²) in [5.74, 6) is -5.85. The fourth-order valence-corrected chi connectivity index (χ4v) is 2.90. The third-order valence-electron chi connectivity index (χ3n) is 3.88. The molecule has 0 spiro atoms. The van der Waals surface area contributed by atoms with Gasteiger partial charge in [-0.25, -0.2) is 28.0 Å². The zero-order valence-corrected chi connectivity index (χ0v) is 13.6. The van der Waals surface area contributed by atoms with Crippen molar-refractivity contribution in [1.82, 2.24) is 10.0 Å². The summed E-state index contributed by atoms with van der Waals surface area (Å²) < 4.78 is 40.0. The first-order valence-electron chi connectivity index (χ1n) is 7.53. The Morgan fingerprint density at radius 3 is 2.25 bits per heavy atom. The number of piperidine rings is 1. The molecule has 1 N–H and O–H groups in total. The van der Waals surface area contributed by atoms with Crippen LogP contribution in [0.15, 0.2) is 12.1 Å². The van der Waals surface area contributed by atoms with E-state index < -0.39 is 40.9 Å². The van der Waals surface area contributed by atoms with Crippen molar-refractivity contribution in [2.24, 2.45) is 0 Å². The molecule has 1 aromatic carbocycles. The molecule has 1 aliphatic heterocycles. The van der Waals surface area contributed by atoms with E-state index in [0.29, 0.717) is 12.8 Å². The van der Waals surface area contributed by atoms with E-state index in [9.17, 15) is 27.9 Å². The number of amides is 2. The van der Waals surface area contributed by atoms with Crippen LogP contribution in [0.3, 0.4) is 0 Å². The standard InChI is InChI=1S/C16H19F3N2O3/c1-16(2,3)21(15(23)24)20-6-4-5-10(14(20)22)9-7-11(17)13(19)12(18)8-9/h7-8,10H,4-6H2,1-3H3,(H,23,24). The lowest BCUT2D eigenvalue weighted by Gasteiger charge is -2.44. The molecule has 1 aromatic rings. The maximum Gasteiger partial charge on any atom is 0.426 e. The molecule has 24 heavy (non-hydrogen) atoms. The molecule has 8 heteroatoms. The van der Waals surface area contributed by atoms with E-state index in [2.05, 4.69) is 0 Å². The highest BCUT2D eigenvalue weighted by atomic mass is 19.2. The molecule has 0 bridgehead atoms. The van der Waals surface area contributed by atoms with Gasteiger partial charge in [-0.1, -0.05) is 0 Å². The molecule has 0 saturated carbocycles. The van der Waals surface area contributed by atoms with Gasteiger partial charge in [0.1, 0.15) is 0 Å². The molecule has 1 fully saturated rings. The van der Waals surface area contributed by atoms with Crippen molar-refractivity contribution in [2.45, 2.75) is 45.1 Å². The van der Waals surface area contributed by atoms with Gasteiger partial charge >= 0.3 is 6.09 Å². The first-order valence-corrected chi connectivity index (χ1v) is 7.53. The average Bonchev–Trinajstić information content (AvgIpc) is 2.44. The van der Waals surface area contributed by atoms with Gasteiger partial charge in [-0.2, -0.15) is 0 Å². The van der Waals surface area contributed by atoms with Crippen LogP contribution in [-0.4, -0.2) is 39.2 Å². The summed E-state index contributed by atoms with van der Waals surface area (Å²) in [4.78, 5) is 24.3. The minimum Gasteiger partial charge on any atom is -0.464 e. The molecule has 2 rings (SSSR count). The number of halogens is 3. The van der Waals surface area contributed by atoms with Crippen LogP contribution in [0, 0.1) is 17.5 Å². The molecular formula is C16H19F3N2O3. The van der Waals surface area contributed by atoms with Crippen LogP contribution >= 0.6 is 0 Å². The second-order valence-corrected chi connectivity index (χ2v) is 6.72. The molecule has 0 aliphatic carbocycles. The Morgan fingerprint density at radius 1 is 1.25 bits per heavy atom. The van der Waals surface area contributed by atoms with Crippen LogP contribution in [-0.2, 0) is 4.79 Å². The van der Waals surface area contributed by atoms with Gasteiger partial charge in [-0.05, 0) is 51.3 Å². The van der Waals surface area contributed by atoms with E-state index in [1.54, 1.807) is 20.8 Å². The van der Waals surface area contributed by atoms with Crippen molar-refractivity contribution in [3.63, 3.8) is 0 Å². The van der Waals surface area contributed by atoms with E-state index in [0.717, 1.165) is 22.2 Å².